The molecule has 1 aliphatic rings. The molecule has 1 atom stereocenters. The van der Waals surface area contributed by atoms with Crippen molar-refractivity contribution in [3.05, 3.63) is 40.4 Å². The van der Waals surface area contributed by atoms with Crippen LogP contribution in [0.2, 0.25) is 5.02 Å². The van der Waals surface area contributed by atoms with Crippen molar-refractivity contribution in [3.8, 4) is 10.6 Å². The van der Waals surface area contributed by atoms with Crippen LogP contribution in [0.4, 0.5) is 0 Å². The molecule has 0 unspecified atom stereocenters. The second kappa shape index (κ2) is 5.94. The van der Waals surface area contributed by atoms with Crippen molar-refractivity contribution in [1.29, 1.82) is 0 Å². The first-order valence-corrected chi connectivity index (χ1v) is 8.33. The largest absolute Gasteiger partial charge is 0.481 e. The summed E-state index contributed by atoms with van der Waals surface area (Å²) < 4.78 is 0. The van der Waals surface area contributed by atoms with Gasteiger partial charge in [-0.3, -0.25) is 9.59 Å². The van der Waals surface area contributed by atoms with Gasteiger partial charge in [-0.25, -0.2) is 4.98 Å². The maximum absolute atomic E-state index is 12.6. The fraction of sp³-hybridized carbons (Fsp3) is 0.312. The van der Waals surface area contributed by atoms with Gasteiger partial charge >= 0.3 is 5.97 Å². The molecule has 2 heterocycles. The van der Waals surface area contributed by atoms with Crippen LogP contribution < -0.4 is 0 Å². The van der Waals surface area contributed by atoms with Crippen molar-refractivity contribution in [1.82, 2.24) is 9.88 Å². The predicted molar refractivity (Wildman–Crippen MR) is 88.8 cm³/mol. The van der Waals surface area contributed by atoms with E-state index in [9.17, 15) is 14.7 Å². The Morgan fingerprint density at radius 1 is 1.39 bits per heavy atom. The number of carboxylic acid groups (broad SMARTS) is 1. The number of aromatic nitrogens is 1. The number of hydrogen-bond donors (Lipinski definition) is 1. The molecule has 0 saturated carbocycles. The first-order chi connectivity index (χ1) is 10.9. The summed E-state index contributed by atoms with van der Waals surface area (Å²) in [4.78, 5) is 30.2. The lowest BCUT2D eigenvalue weighted by Gasteiger charge is -2.19. The minimum atomic E-state index is -0.869. The normalized spacial score (nSPS) is 20.7. The Labute approximate surface area is 142 Å². The molecule has 3 rings (SSSR count). The van der Waals surface area contributed by atoms with Gasteiger partial charge in [0.15, 0.2) is 0 Å². The number of carbonyl (C=O) groups excluding carboxylic acids is 1. The number of carbonyl (C=O) groups is 2. The van der Waals surface area contributed by atoms with Crippen LogP contribution in [0.1, 0.15) is 23.0 Å². The number of aliphatic carboxylic acids is 1. The predicted octanol–water partition coefficient (Wildman–Crippen LogP) is 3.40. The van der Waals surface area contributed by atoms with Crippen molar-refractivity contribution >= 4 is 34.8 Å². The third-order valence-corrected chi connectivity index (χ3v) is 5.45. The van der Waals surface area contributed by atoms with Gasteiger partial charge in [0.1, 0.15) is 9.88 Å². The SMILES string of the molecule is C[C@]1(C(=O)O)CCN(C(=O)c2cnc(-c3ccccc3Cl)s2)C1. The van der Waals surface area contributed by atoms with Gasteiger partial charge in [-0.1, -0.05) is 29.8 Å². The molecule has 1 amide bonds. The van der Waals surface area contributed by atoms with E-state index >= 15 is 0 Å². The van der Waals surface area contributed by atoms with Gasteiger partial charge in [0.05, 0.1) is 16.6 Å². The number of halogens is 1. The zero-order valence-corrected chi connectivity index (χ0v) is 14.0. The number of amides is 1. The molecular weight excluding hydrogens is 336 g/mol. The molecule has 0 aliphatic carbocycles. The highest BCUT2D eigenvalue weighted by Crippen LogP contribution is 2.34. The highest BCUT2D eigenvalue weighted by atomic mass is 35.5. The first kappa shape index (κ1) is 16.0. The quantitative estimate of drug-likeness (QED) is 0.921. The van der Waals surface area contributed by atoms with E-state index in [2.05, 4.69) is 4.98 Å². The highest BCUT2D eigenvalue weighted by Gasteiger charge is 2.42. The molecule has 0 spiro atoms. The number of rotatable bonds is 3. The monoisotopic (exact) mass is 350 g/mol. The van der Waals surface area contributed by atoms with E-state index in [-0.39, 0.29) is 12.5 Å². The summed E-state index contributed by atoms with van der Waals surface area (Å²) in [5.41, 5.74) is -0.0821. The highest BCUT2D eigenvalue weighted by molar-refractivity contribution is 7.17. The average Bonchev–Trinajstić information content (AvgIpc) is 3.15. The summed E-state index contributed by atoms with van der Waals surface area (Å²) in [6.45, 7) is 2.34. The smallest absolute Gasteiger partial charge is 0.311 e. The Balaban J connectivity index is 1.80. The van der Waals surface area contributed by atoms with Crippen LogP contribution in [0.3, 0.4) is 0 Å². The fourth-order valence-electron chi connectivity index (χ4n) is 2.60. The van der Waals surface area contributed by atoms with Gasteiger partial charge in [0.2, 0.25) is 0 Å². The molecule has 23 heavy (non-hydrogen) atoms. The van der Waals surface area contributed by atoms with E-state index in [1.807, 2.05) is 18.2 Å². The summed E-state index contributed by atoms with van der Waals surface area (Å²) in [6.07, 6.45) is 1.99. The third-order valence-electron chi connectivity index (χ3n) is 4.10. The average molecular weight is 351 g/mol. The fourth-order valence-corrected chi connectivity index (χ4v) is 3.80. The van der Waals surface area contributed by atoms with Crippen molar-refractivity contribution in [2.75, 3.05) is 13.1 Å². The number of nitrogens with zero attached hydrogens (tertiary/aromatic N) is 2. The lowest BCUT2D eigenvalue weighted by Crippen LogP contribution is -2.34. The Kier molecular flexibility index (Phi) is 4.12. The third kappa shape index (κ3) is 2.96. The molecule has 1 aliphatic heterocycles. The number of thiazole rings is 1. The van der Waals surface area contributed by atoms with E-state index in [1.165, 1.54) is 17.5 Å². The Hall–Kier alpha value is -1.92. The summed E-state index contributed by atoms with van der Waals surface area (Å²) in [5, 5.41) is 10.5. The molecular formula is C16H15ClN2O3S. The molecule has 7 heteroatoms. The lowest BCUT2D eigenvalue weighted by atomic mass is 9.90. The summed E-state index contributed by atoms with van der Waals surface area (Å²) in [5.74, 6) is -1.04. The number of benzene rings is 1. The van der Waals surface area contributed by atoms with Gasteiger partial charge < -0.3 is 10.0 Å². The summed E-state index contributed by atoms with van der Waals surface area (Å²) >= 11 is 7.42. The van der Waals surface area contributed by atoms with Gasteiger partial charge in [-0.05, 0) is 19.4 Å². The van der Waals surface area contributed by atoms with Crippen molar-refractivity contribution in [2.45, 2.75) is 13.3 Å². The van der Waals surface area contributed by atoms with Crippen LogP contribution >= 0.6 is 22.9 Å². The van der Waals surface area contributed by atoms with E-state index in [1.54, 1.807) is 17.9 Å². The van der Waals surface area contributed by atoms with E-state index < -0.39 is 11.4 Å². The molecule has 0 bridgehead atoms. The van der Waals surface area contributed by atoms with Crippen molar-refractivity contribution in [2.24, 2.45) is 5.41 Å². The minimum Gasteiger partial charge on any atom is -0.481 e. The number of likely N-dealkylation sites (tertiary alicyclic amines) is 1. The Morgan fingerprint density at radius 3 is 2.78 bits per heavy atom. The molecule has 1 fully saturated rings. The van der Waals surface area contributed by atoms with E-state index in [4.69, 9.17) is 11.6 Å². The molecule has 0 radical (unpaired) electrons. The zero-order chi connectivity index (χ0) is 16.6. The van der Waals surface area contributed by atoms with Crippen molar-refractivity contribution in [3.63, 3.8) is 0 Å². The minimum absolute atomic E-state index is 0.175. The topological polar surface area (TPSA) is 70.5 Å². The molecule has 2 aromatic rings. The van der Waals surface area contributed by atoms with Crippen molar-refractivity contribution < 1.29 is 14.7 Å². The number of hydrogen-bond acceptors (Lipinski definition) is 4. The van der Waals surface area contributed by atoms with Crippen LogP contribution in [0.25, 0.3) is 10.6 Å². The standard InChI is InChI=1S/C16H15ClN2O3S/c1-16(15(21)22)6-7-19(9-16)14(20)12-8-18-13(23-12)10-4-2-3-5-11(10)17/h2-5,8H,6-7,9H2,1H3,(H,21,22)/t16-/m0/s1. The summed E-state index contributed by atoms with van der Waals surface area (Å²) in [7, 11) is 0. The van der Waals surface area contributed by atoms with E-state index in [0.29, 0.717) is 27.9 Å². The molecule has 1 aromatic carbocycles. The van der Waals surface area contributed by atoms with Crippen LogP contribution in [-0.2, 0) is 4.79 Å². The summed E-state index contributed by atoms with van der Waals surface area (Å²) in [6, 6.07) is 7.33. The maximum Gasteiger partial charge on any atom is 0.311 e. The Bertz CT molecular complexity index is 776. The number of carboxylic acids is 1. The van der Waals surface area contributed by atoms with Crippen LogP contribution in [-0.4, -0.2) is 40.0 Å². The van der Waals surface area contributed by atoms with Crippen LogP contribution in [0, 0.1) is 5.41 Å². The van der Waals surface area contributed by atoms with Gasteiger partial charge in [-0.2, -0.15) is 0 Å². The second-order valence-electron chi connectivity index (χ2n) is 5.85. The van der Waals surface area contributed by atoms with Gasteiger partial charge in [-0.15, -0.1) is 11.3 Å². The molecule has 120 valence electrons. The molecule has 1 N–H and O–H groups in total. The lowest BCUT2D eigenvalue weighted by molar-refractivity contribution is -0.147. The Morgan fingerprint density at radius 2 is 2.13 bits per heavy atom. The second-order valence-corrected chi connectivity index (χ2v) is 7.29. The maximum atomic E-state index is 12.6. The molecule has 1 saturated heterocycles. The van der Waals surface area contributed by atoms with Gasteiger partial charge in [0.25, 0.3) is 5.91 Å². The van der Waals surface area contributed by atoms with Crippen LogP contribution in [0.5, 0.6) is 0 Å². The van der Waals surface area contributed by atoms with E-state index in [0.717, 1.165) is 5.56 Å². The van der Waals surface area contributed by atoms with Gasteiger partial charge in [0, 0.05) is 18.7 Å². The molecule has 5 nitrogen and oxygen atoms in total. The first-order valence-electron chi connectivity index (χ1n) is 7.14. The molecule has 1 aromatic heterocycles. The zero-order valence-electron chi connectivity index (χ0n) is 12.5. The van der Waals surface area contributed by atoms with Crippen LogP contribution in [0.15, 0.2) is 30.5 Å².